The highest BCUT2D eigenvalue weighted by Crippen LogP contribution is 2.28. The summed E-state index contributed by atoms with van der Waals surface area (Å²) in [5.41, 5.74) is 0.849. The highest BCUT2D eigenvalue weighted by Gasteiger charge is 2.41. The lowest BCUT2D eigenvalue weighted by Crippen LogP contribution is -2.33. The van der Waals surface area contributed by atoms with E-state index in [9.17, 15) is 19.7 Å². The Morgan fingerprint density at radius 3 is 2.48 bits per heavy atom. The Morgan fingerprint density at radius 1 is 1.10 bits per heavy atom. The third kappa shape index (κ3) is 4.51. The second-order valence-corrected chi connectivity index (χ2v) is 6.72. The maximum atomic E-state index is 12.4. The first kappa shape index (κ1) is 21.8. The van der Waals surface area contributed by atoms with Crippen molar-refractivity contribution in [1.29, 1.82) is 0 Å². The number of carbonyl (C=O) groups excluding carboxylic acids is 2. The molecule has 31 heavy (non-hydrogen) atoms. The zero-order valence-corrected chi connectivity index (χ0v) is 17.5. The molecule has 0 saturated carbocycles. The fourth-order valence-electron chi connectivity index (χ4n) is 2.95. The second kappa shape index (κ2) is 9.30. The van der Waals surface area contributed by atoms with Crippen LogP contribution in [0.4, 0.5) is 5.69 Å². The number of rotatable bonds is 8. The highest BCUT2D eigenvalue weighted by molar-refractivity contribution is 7.80. The molecule has 3 rings (SSSR count). The van der Waals surface area contributed by atoms with E-state index in [4.69, 9.17) is 21.7 Å². The first-order valence-electron chi connectivity index (χ1n) is 9.05. The smallest absolute Gasteiger partial charge is 0.339 e. The number of hydrogen-bond donors (Lipinski definition) is 0. The lowest BCUT2D eigenvalue weighted by molar-refractivity contribution is -0.385. The molecule has 1 heterocycles. The van der Waals surface area contributed by atoms with Gasteiger partial charge in [0.2, 0.25) is 5.11 Å². The topological polar surface area (TPSA) is 115 Å². The van der Waals surface area contributed by atoms with E-state index in [1.165, 1.54) is 32.4 Å². The Bertz CT molecular complexity index is 1090. The molecule has 1 aliphatic rings. The molecule has 1 aliphatic heterocycles. The van der Waals surface area contributed by atoms with Crippen molar-refractivity contribution in [1.82, 2.24) is 9.91 Å². The van der Waals surface area contributed by atoms with Crippen molar-refractivity contribution in [3.8, 4) is 11.5 Å². The van der Waals surface area contributed by atoms with E-state index in [-0.39, 0.29) is 22.9 Å². The van der Waals surface area contributed by atoms with Gasteiger partial charge in [-0.25, -0.2) is 0 Å². The van der Waals surface area contributed by atoms with Crippen LogP contribution in [0.5, 0.6) is 11.5 Å². The van der Waals surface area contributed by atoms with Crippen molar-refractivity contribution in [3.05, 3.63) is 63.7 Å². The summed E-state index contributed by atoms with van der Waals surface area (Å²) in [6.45, 7) is 0.149. The standard InChI is InChI=1S/C20H18N4O6S/c1-29-16-8-7-13(11-17(16)30-2)9-10-22-18(25)19(26)23(20(22)31)21-12-14-5-3-4-6-15(14)24(27)28/h3-8,11-12H,9-10H2,1-2H3/b21-12+. The van der Waals surface area contributed by atoms with Crippen molar-refractivity contribution in [2.24, 2.45) is 5.10 Å². The number of para-hydroxylation sites is 1. The largest absolute Gasteiger partial charge is 0.493 e. The Morgan fingerprint density at radius 2 is 1.81 bits per heavy atom. The van der Waals surface area contributed by atoms with Gasteiger partial charge in [0.05, 0.1) is 30.9 Å². The molecule has 10 nitrogen and oxygen atoms in total. The van der Waals surface area contributed by atoms with Crippen LogP contribution in [0.15, 0.2) is 47.6 Å². The molecular formula is C20H18N4O6S. The van der Waals surface area contributed by atoms with Crippen LogP contribution in [0.1, 0.15) is 11.1 Å². The van der Waals surface area contributed by atoms with Crippen molar-refractivity contribution < 1.29 is 24.0 Å². The molecule has 2 amide bonds. The molecule has 2 aromatic rings. The fourth-order valence-corrected chi connectivity index (χ4v) is 3.26. The second-order valence-electron chi connectivity index (χ2n) is 6.36. The number of methoxy groups -OCH3 is 2. The van der Waals surface area contributed by atoms with E-state index in [0.717, 1.165) is 21.7 Å². The minimum Gasteiger partial charge on any atom is -0.493 e. The minimum atomic E-state index is -0.924. The molecule has 0 unspecified atom stereocenters. The van der Waals surface area contributed by atoms with E-state index in [1.54, 1.807) is 18.2 Å². The Kier molecular flexibility index (Phi) is 6.55. The van der Waals surface area contributed by atoms with Gasteiger partial charge in [-0.2, -0.15) is 10.1 Å². The van der Waals surface area contributed by atoms with Crippen LogP contribution in [0.2, 0.25) is 0 Å². The maximum Gasteiger partial charge on any atom is 0.339 e. The minimum absolute atomic E-state index is 0.0923. The third-order valence-corrected chi connectivity index (χ3v) is 4.94. The monoisotopic (exact) mass is 442 g/mol. The van der Waals surface area contributed by atoms with Crippen LogP contribution in [0.3, 0.4) is 0 Å². The maximum absolute atomic E-state index is 12.4. The third-order valence-electron chi connectivity index (χ3n) is 4.55. The van der Waals surface area contributed by atoms with Crippen molar-refractivity contribution >= 4 is 41.0 Å². The highest BCUT2D eigenvalue weighted by atomic mass is 32.1. The fraction of sp³-hybridized carbons (Fsp3) is 0.200. The number of ether oxygens (including phenoxy) is 2. The van der Waals surface area contributed by atoms with E-state index in [1.807, 2.05) is 6.07 Å². The molecule has 2 aromatic carbocycles. The number of nitro groups is 1. The molecule has 0 atom stereocenters. The molecule has 1 fully saturated rings. The average molecular weight is 442 g/mol. The number of hydrazone groups is 1. The summed E-state index contributed by atoms with van der Waals surface area (Å²) in [6, 6.07) is 11.2. The van der Waals surface area contributed by atoms with Gasteiger partial charge < -0.3 is 9.47 Å². The summed E-state index contributed by atoms with van der Waals surface area (Å²) in [4.78, 5) is 36.4. The van der Waals surface area contributed by atoms with Gasteiger partial charge in [0.1, 0.15) is 0 Å². The van der Waals surface area contributed by atoms with Crippen LogP contribution in [-0.4, -0.2) is 58.7 Å². The first-order chi connectivity index (χ1) is 14.9. The number of carbonyl (C=O) groups is 2. The molecular weight excluding hydrogens is 424 g/mol. The quantitative estimate of drug-likeness (QED) is 0.202. The number of thiocarbonyl (C=S) groups is 1. The first-order valence-corrected chi connectivity index (χ1v) is 9.46. The molecule has 160 valence electrons. The summed E-state index contributed by atoms with van der Waals surface area (Å²) >= 11 is 5.24. The van der Waals surface area contributed by atoms with Gasteiger partial charge in [0.15, 0.2) is 11.5 Å². The van der Waals surface area contributed by atoms with E-state index in [0.29, 0.717) is 17.9 Å². The van der Waals surface area contributed by atoms with Gasteiger partial charge in [0.25, 0.3) is 5.69 Å². The number of nitrogens with zero attached hydrogens (tertiary/aromatic N) is 4. The van der Waals surface area contributed by atoms with Gasteiger partial charge in [-0.05, 0) is 42.4 Å². The zero-order chi connectivity index (χ0) is 22.5. The Balaban J connectivity index is 1.74. The predicted octanol–water partition coefficient (Wildman–Crippen LogP) is 2.14. The summed E-state index contributed by atoms with van der Waals surface area (Å²) < 4.78 is 10.5. The molecule has 0 aromatic heterocycles. The van der Waals surface area contributed by atoms with E-state index in [2.05, 4.69) is 5.10 Å². The molecule has 0 spiro atoms. The number of hydrogen-bond acceptors (Lipinski definition) is 8. The number of benzene rings is 2. The van der Waals surface area contributed by atoms with Crippen molar-refractivity contribution in [3.63, 3.8) is 0 Å². The van der Waals surface area contributed by atoms with Crippen LogP contribution in [0, 0.1) is 10.1 Å². The Labute approximate surface area is 182 Å². The molecule has 11 heteroatoms. The van der Waals surface area contributed by atoms with Gasteiger partial charge in [-0.3, -0.25) is 24.6 Å². The van der Waals surface area contributed by atoms with Gasteiger partial charge in [-0.1, -0.05) is 18.2 Å². The lowest BCUT2D eigenvalue weighted by Gasteiger charge is -2.16. The van der Waals surface area contributed by atoms with Gasteiger partial charge in [0, 0.05) is 12.6 Å². The molecule has 1 saturated heterocycles. The van der Waals surface area contributed by atoms with Crippen LogP contribution in [0.25, 0.3) is 0 Å². The van der Waals surface area contributed by atoms with Crippen LogP contribution >= 0.6 is 12.2 Å². The SMILES string of the molecule is COc1ccc(CCN2C(=O)C(=O)N(/N=C/c3ccccc3[N+](=O)[O-])C2=S)cc1OC. The van der Waals surface area contributed by atoms with Crippen LogP contribution in [-0.2, 0) is 16.0 Å². The summed E-state index contributed by atoms with van der Waals surface area (Å²) in [7, 11) is 3.05. The lowest BCUT2D eigenvalue weighted by atomic mass is 10.1. The molecule has 0 radical (unpaired) electrons. The summed E-state index contributed by atoms with van der Waals surface area (Å²) in [6.07, 6.45) is 1.54. The summed E-state index contributed by atoms with van der Waals surface area (Å²) in [5, 5.41) is 15.7. The van der Waals surface area contributed by atoms with Crippen molar-refractivity contribution in [2.45, 2.75) is 6.42 Å². The molecule has 0 aliphatic carbocycles. The zero-order valence-electron chi connectivity index (χ0n) is 16.7. The van der Waals surface area contributed by atoms with Crippen molar-refractivity contribution in [2.75, 3.05) is 20.8 Å². The van der Waals surface area contributed by atoms with E-state index < -0.39 is 16.7 Å². The summed E-state index contributed by atoms with van der Waals surface area (Å²) in [5.74, 6) is -0.621. The normalized spacial score (nSPS) is 13.9. The van der Waals surface area contributed by atoms with Gasteiger partial charge >= 0.3 is 11.8 Å². The average Bonchev–Trinajstić information content (AvgIpc) is 2.98. The number of nitro benzene ring substituents is 1. The van der Waals surface area contributed by atoms with Crippen LogP contribution < -0.4 is 9.47 Å². The number of amides is 2. The van der Waals surface area contributed by atoms with Gasteiger partial charge in [-0.15, -0.1) is 0 Å². The molecule has 0 N–H and O–H groups in total. The molecule has 0 bridgehead atoms. The van der Waals surface area contributed by atoms with E-state index >= 15 is 0 Å². The predicted molar refractivity (Wildman–Crippen MR) is 115 cm³/mol. The Hall–Kier alpha value is -3.86.